The van der Waals surface area contributed by atoms with E-state index in [4.69, 9.17) is 21.1 Å². The molecule has 1 amide bonds. The van der Waals surface area contributed by atoms with Crippen LogP contribution in [0.2, 0.25) is 5.02 Å². The number of amides is 1. The second kappa shape index (κ2) is 10.5. The van der Waals surface area contributed by atoms with Crippen LogP contribution in [0.5, 0.6) is 11.5 Å². The highest BCUT2D eigenvalue weighted by atomic mass is 35.5. The SMILES string of the molecule is CC[C@H](C(=O)NCCOc1ccc(C)c(Cl)c1)N(c1ccc(OC)cc1)S(C)(=O)=O. The highest BCUT2D eigenvalue weighted by Crippen LogP contribution is 2.25. The van der Waals surface area contributed by atoms with Gasteiger partial charge in [-0.25, -0.2) is 8.42 Å². The Morgan fingerprint density at radius 2 is 1.80 bits per heavy atom. The number of hydrogen-bond acceptors (Lipinski definition) is 5. The van der Waals surface area contributed by atoms with Crippen molar-refractivity contribution < 1.29 is 22.7 Å². The van der Waals surface area contributed by atoms with Crippen LogP contribution in [0.25, 0.3) is 0 Å². The summed E-state index contributed by atoms with van der Waals surface area (Å²) in [6, 6.07) is 11.0. The summed E-state index contributed by atoms with van der Waals surface area (Å²) >= 11 is 6.07. The molecule has 0 bridgehead atoms. The van der Waals surface area contributed by atoms with Crippen LogP contribution in [0.1, 0.15) is 18.9 Å². The van der Waals surface area contributed by atoms with E-state index in [1.807, 2.05) is 13.0 Å². The highest BCUT2D eigenvalue weighted by molar-refractivity contribution is 7.92. The number of carbonyl (C=O) groups is 1. The molecule has 2 aromatic rings. The van der Waals surface area contributed by atoms with E-state index in [1.54, 1.807) is 43.3 Å². The molecule has 0 aromatic heterocycles. The van der Waals surface area contributed by atoms with Crippen molar-refractivity contribution in [2.45, 2.75) is 26.3 Å². The molecule has 0 aliphatic heterocycles. The second-order valence-corrected chi connectivity index (χ2v) is 9.00. The molecule has 164 valence electrons. The molecule has 0 spiro atoms. The van der Waals surface area contributed by atoms with Crippen molar-refractivity contribution in [3.05, 3.63) is 53.1 Å². The Morgan fingerprint density at radius 3 is 2.33 bits per heavy atom. The Labute approximate surface area is 183 Å². The third kappa shape index (κ3) is 6.27. The van der Waals surface area contributed by atoms with E-state index >= 15 is 0 Å². The van der Waals surface area contributed by atoms with Crippen molar-refractivity contribution in [3.8, 4) is 11.5 Å². The van der Waals surface area contributed by atoms with Gasteiger partial charge in [-0.2, -0.15) is 0 Å². The average molecular weight is 455 g/mol. The van der Waals surface area contributed by atoms with Gasteiger partial charge in [0.1, 0.15) is 24.1 Å². The monoisotopic (exact) mass is 454 g/mol. The van der Waals surface area contributed by atoms with Gasteiger partial charge >= 0.3 is 0 Å². The van der Waals surface area contributed by atoms with Crippen LogP contribution in [0.15, 0.2) is 42.5 Å². The number of anilines is 1. The van der Waals surface area contributed by atoms with Crippen LogP contribution < -0.4 is 19.1 Å². The molecule has 0 saturated carbocycles. The summed E-state index contributed by atoms with van der Waals surface area (Å²) in [5.41, 5.74) is 1.34. The molecular weight excluding hydrogens is 428 g/mol. The van der Waals surface area contributed by atoms with E-state index in [-0.39, 0.29) is 13.2 Å². The molecule has 0 aliphatic rings. The summed E-state index contributed by atoms with van der Waals surface area (Å²) in [5, 5.41) is 3.35. The summed E-state index contributed by atoms with van der Waals surface area (Å²) in [4.78, 5) is 12.8. The summed E-state index contributed by atoms with van der Waals surface area (Å²) in [5.74, 6) is 0.797. The topological polar surface area (TPSA) is 84.9 Å². The van der Waals surface area contributed by atoms with E-state index in [0.29, 0.717) is 28.6 Å². The Balaban J connectivity index is 2.04. The van der Waals surface area contributed by atoms with Gasteiger partial charge in [-0.15, -0.1) is 0 Å². The van der Waals surface area contributed by atoms with Gasteiger partial charge in [0.05, 0.1) is 25.6 Å². The number of nitrogens with zero attached hydrogens (tertiary/aromatic N) is 1. The number of sulfonamides is 1. The van der Waals surface area contributed by atoms with Gasteiger partial charge in [0.2, 0.25) is 15.9 Å². The van der Waals surface area contributed by atoms with E-state index in [2.05, 4.69) is 5.32 Å². The molecule has 9 heteroatoms. The molecule has 2 aromatic carbocycles. The standard InChI is InChI=1S/C21H27ClN2O5S/c1-5-20(24(30(4,26)27)16-7-10-17(28-3)11-8-16)21(25)23-12-13-29-18-9-6-15(2)19(22)14-18/h6-11,14,20H,5,12-13H2,1-4H3,(H,23,25)/t20-/m1/s1. The number of hydrogen-bond donors (Lipinski definition) is 1. The molecule has 30 heavy (non-hydrogen) atoms. The molecule has 0 saturated heterocycles. The van der Waals surface area contributed by atoms with Gasteiger partial charge < -0.3 is 14.8 Å². The van der Waals surface area contributed by atoms with Gasteiger partial charge in [-0.3, -0.25) is 9.10 Å². The van der Waals surface area contributed by atoms with Gasteiger partial charge in [0.25, 0.3) is 0 Å². The number of aryl methyl sites for hydroxylation is 1. The minimum Gasteiger partial charge on any atom is -0.497 e. The van der Waals surface area contributed by atoms with Gasteiger partial charge in [-0.05, 0) is 55.3 Å². The van der Waals surface area contributed by atoms with Crippen molar-refractivity contribution >= 4 is 33.2 Å². The molecular formula is C21H27ClN2O5S. The number of halogens is 1. The molecule has 0 radical (unpaired) electrons. The van der Waals surface area contributed by atoms with Crippen LogP contribution in [0, 0.1) is 6.92 Å². The molecule has 7 nitrogen and oxygen atoms in total. The lowest BCUT2D eigenvalue weighted by molar-refractivity contribution is -0.122. The van der Waals surface area contributed by atoms with Gasteiger partial charge in [-0.1, -0.05) is 24.6 Å². The van der Waals surface area contributed by atoms with Crippen molar-refractivity contribution in [2.75, 3.05) is 30.8 Å². The van der Waals surface area contributed by atoms with Crippen molar-refractivity contribution in [3.63, 3.8) is 0 Å². The molecule has 0 fully saturated rings. The van der Waals surface area contributed by atoms with Crippen LogP contribution in [0.4, 0.5) is 5.69 Å². The zero-order chi connectivity index (χ0) is 22.3. The number of benzene rings is 2. The summed E-state index contributed by atoms with van der Waals surface area (Å²) < 4.78 is 36.7. The molecule has 1 atom stereocenters. The zero-order valence-corrected chi connectivity index (χ0v) is 19.1. The predicted molar refractivity (Wildman–Crippen MR) is 119 cm³/mol. The molecule has 0 aliphatic carbocycles. The molecule has 0 heterocycles. The normalized spacial score (nSPS) is 12.2. The quantitative estimate of drug-likeness (QED) is 0.556. The Morgan fingerprint density at radius 1 is 1.17 bits per heavy atom. The number of nitrogens with one attached hydrogen (secondary N) is 1. The molecule has 0 unspecified atom stereocenters. The smallest absolute Gasteiger partial charge is 0.244 e. The maximum atomic E-state index is 12.8. The Kier molecular flexibility index (Phi) is 8.37. The number of ether oxygens (including phenoxy) is 2. The summed E-state index contributed by atoms with van der Waals surface area (Å²) in [6.45, 7) is 4.11. The fourth-order valence-electron chi connectivity index (χ4n) is 2.91. The van der Waals surface area contributed by atoms with E-state index in [0.717, 1.165) is 16.1 Å². The lowest BCUT2D eigenvalue weighted by Crippen LogP contribution is -2.50. The van der Waals surface area contributed by atoms with Crippen LogP contribution in [-0.2, 0) is 14.8 Å². The van der Waals surface area contributed by atoms with Crippen LogP contribution in [-0.4, -0.2) is 46.9 Å². The summed E-state index contributed by atoms with van der Waals surface area (Å²) in [7, 11) is -2.16. The minimum absolute atomic E-state index is 0.223. The third-order valence-electron chi connectivity index (χ3n) is 4.47. The predicted octanol–water partition coefficient (Wildman–Crippen LogP) is 3.40. The number of methoxy groups -OCH3 is 1. The lowest BCUT2D eigenvalue weighted by Gasteiger charge is -2.30. The maximum absolute atomic E-state index is 12.8. The first-order valence-electron chi connectivity index (χ1n) is 9.47. The Hall–Kier alpha value is -2.45. The number of rotatable bonds is 10. The highest BCUT2D eigenvalue weighted by Gasteiger charge is 2.31. The minimum atomic E-state index is -3.69. The largest absolute Gasteiger partial charge is 0.497 e. The first-order chi connectivity index (χ1) is 14.2. The summed E-state index contributed by atoms with van der Waals surface area (Å²) in [6.07, 6.45) is 1.39. The van der Waals surface area contributed by atoms with Crippen molar-refractivity contribution in [1.82, 2.24) is 5.32 Å². The fraction of sp³-hybridized carbons (Fsp3) is 0.381. The third-order valence-corrected chi connectivity index (χ3v) is 6.06. The van der Waals surface area contributed by atoms with Crippen LogP contribution in [0.3, 0.4) is 0 Å². The van der Waals surface area contributed by atoms with Gasteiger partial charge in [0, 0.05) is 5.02 Å². The lowest BCUT2D eigenvalue weighted by atomic mass is 10.2. The maximum Gasteiger partial charge on any atom is 0.244 e. The molecule has 2 rings (SSSR count). The first-order valence-corrected chi connectivity index (χ1v) is 11.7. The zero-order valence-electron chi connectivity index (χ0n) is 17.5. The first kappa shape index (κ1) is 23.8. The number of carbonyl (C=O) groups excluding carboxylic acids is 1. The van der Waals surface area contributed by atoms with E-state index in [1.165, 1.54) is 7.11 Å². The van der Waals surface area contributed by atoms with E-state index in [9.17, 15) is 13.2 Å². The van der Waals surface area contributed by atoms with Crippen molar-refractivity contribution in [2.24, 2.45) is 0 Å². The van der Waals surface area contributed by atoms with Gasteiger partial charge in [0.15, 0.2) is 0 Å². The van der Waals surface area contributed by atoms with Crippen molar-refractivity contribution in [1.29, 1.82) is 0 Å². The second-order valence-electron chi connectivity index (χ2n) is 6.73. The Bertz CT molecular complexity index is 964. The van der Waals surface area contributed by atoms with E-state index < -0.39 is 22.0 Å². The van der Waals surface area contributed by atoms with Crippen LogP contribution >= 0.6 is 11.6 Å². The molecule has 1 N–H and O–H groups in total. The fourth-order valence-corrected chi connectivity index (χ4v) is 4.30. The average Bonchev–Trinajstić information content (AvgIpc) is 2.71.